The first kappa shape index (κ1) is 26.2. The first-order valence-electron chi connectivity index (χ1n) is 12.0. The molecule has 3 rings (SSSR count). The van der Waals surface area contributed by atoms with Gasteiger partial charge in [0.25, 0.3) is 0 Å². The Morgan fingerprint density at radius 1 is 1.12 bits per heavy atom. The molecule has 7 heteroatoms. The molecule has 1 aliphatic rings. The number of sulfone groups is 1. The van der Waals surface area contributed by atoms with E-state index in [-0.39, 0.29) is 23.3 Å². The molecule has 0 saturated heterocycles. The molecule has 186 valence electrons. The van der Waals surface area contributed by atoms with E-state index in [1.807, 2.05) is 37.3 Å². The minimum atomic E-state index is -3.62. The normalized spacial score (nSPS) is 21.9. The number of esters is 1. The number of hydrogen-bond acceptors (Lipinski definition) is 6. The zero-order chi connectivity index (χ0) is 25.0. The Morgan fingerprint density at radius 3 is 2.44 bits per heavy atom. The standard InChI is InChI=1S/C27H37NO5S/c1-6-8-16-27(7-2)19-34(30,31)23-17-21(32-18-24(29)33-26(3,4)5)14-15-22(23)25(28-27)20-12-10-9-11-13-20/h9-15,17,25,28H,6-8,16,18-19H2,1-5H3. The fourth-order valence-electron chi connectivity index (χ4n) is 4.44. The average molecular weight is 488 g/mol. The smallest absolute Gasteiger partial charge is 0.344 e. The summed E-state index contributed by atoms with van der Waals surface area (Å²) in [7, 11) is -3.62. The molecule has 1 aliphatic heterocycles. The number of carbonyl (C=O) groups is 1. The van der Waals surface area contributed by atoms with E-state index in [1.165, 1.54) is 0 Å². The number of ether oxygens (including phenoxy) is 2. The molecule has 2 aromatic carbocycles. The van der Waals surface area contributed by atoms with Gasteiger partial charge in [-0.05, 0) is 56.9 Å². The first-order valence-corrected chi connectivity index (χ1v) is 13.7. The van der Waals surface area contributed by atoms with Crippen molar-refractivity contribution in [3.8, 4) is 5.75 Å². The lowest BCUT2D eigenvalue weighted by Crippen LogP contribution is -2.50. The van der Waals surface area contributed by atoms with Crippen LogP contribution in [0.5, 0.6) is 5.75 Å². The van der Waals surface area contributed by atoms with Crippen molar-refractivity contribution in [2.75, 3.05) is 12.4 Å². The molecule has 2 atom stereocenters. The molecule has 0 saturated carbocycles. The molecule has 2 unspecified atom stereocenters. The molecule has 1 N–H and O–H groups in total. The van der Waals surface area contributed by atoms with Crippen LogP contribution in [0.1, 0.15) is 77.5 Å². The van der Waals surface area contributed by atoms with Crippen molar-refractivity contribution in [2.24, 2.45) is 0 Å². The molecule has 2 aromatic rings. The number of hydrogen-bond donors (Lipinski definition) is 1. The average Bonchev–Trinajstić information content (AvgIpc) is 2.88. The zero-order valence-electron chi connectivity index (χ0n) is 20.9. The Kier molecular flexibility index (Phi) is 8.09. The van der Waals surface area contributed by atoms with Crippen LogP contribution in [0.3, 0.4) is 0 Å². The van der Waals surface area contributed by atoms with Crippen LogP contribution in [0.2, 0.25) is 0 Å². The Balaban J connectivity index is 2.02. The van der Waals surface area contributed by atoms with Crippen LogP contribution in [0, 0.1) is 0 Å². The van der Waals surface area contributed by atoms with Crippen molar-refractivity contribution in [1.29, 1.82) is 0 Å². The summed E-state index contributed by atoms with van der Waals surface area (Å²) in [6, 6.07) is 14.7. The van der Waals surface area contributed by atoms with Crippen LogP contribution in [-0.4, -0.2) is 37.9 Å². The highest BCUT2D eigenvalue weighted by Crippen LogP contribution is 2.39. The number of unbranched alkanes of at least 4 members (excludes halogenated alkanes) is 1. The molecule has 0 aromatic heterocycles. The second-order valence-corrected chi connectivity index (χ2v) is 12.0. The van der Waals surface area contributed by atoms with Crippen molar-refractivity contribution in [3.05, 3.63) is 59.7 Å². The van der Waals surface area contributed by atoms with E-state index in [2.05, 4.69) is 12.2 Å². The van der Waals surface area contributed by atoms with E-state index in [9.17, 15) is 13.2 Å². The van der Waals surface area contributed by atoms with Gasteiger partial charge < -0.3 is 9.47 Å². The number of carbonyl (C=O) groups excluding carboxylic acids is 1. The second kappa shape index (κ2) is 10.5. The summed E-state index contributed by atoms with van der Waals surface area (Å²) in [6.45, 7) is 9.24. The maximum atomic E-state index is 13.7. The van der Waals surface area contributed by atoms with E-state index in [0.717, 1.165) is 24.8 Å². The van der Waals surface area contributed by atoms with Gasteiger partial charge in [0.2, 0.25) is 0 Å². The molecule has 0 bridgehead atoms. The highest BCUT2D eigenvalue weighted by atomic mass is 32.2. The molecule has 34 heavy (non-hydrogen) atoms. The van der Waals surface area contributed by atoms with Gasteiger partial charge in [-0.25, -0.2) is 13.2 Å². The maximum absolute atomic E-state index is 13.7. The summed E-state index contributed by atoms with van der Waals surface area (Å²) < 4.78 is 38.3. The Morgan fingerprint density at radius 2 is 1.82 bits per heavy atom. The predicted octanol–water partition coefficient (Wildman–Crippen LogP) is 5.21. The van der Waals surface area contributed by atoms with Gasteiger partial charge in [0.15, 0.2) is 16.4 Å². The van der Waals surface area contributed by atoms with Crippen LogP contribution < -0.4 is 10.1 Å². The SMILES string of the molecule is CCCCC1(CC)CS(=O)(=O)c2cc(OCC(=O)OC(C)(C)C)ccc2C(c2ccccc2)N1. The highest BCUT2D eigenvalue weighted by molar-refractivity contribution is 7.91. The monoisotopic (exact) mass is 487 g/mol. The number of benzene rings is 2. The van der Waals surface area contributed by atoms with Gasteiger partial charge in [-0.2, -0.15) is 0 Å². The maximum Gasteiger partial charge on any atom is 0.344 e. The third-order valence-corrected chi connectivity index (χ3v) is 8.10. The first-order chi connectivity index (χ1) is 16.0. The lowest BCUT2D eigenvalue weighted by Gasteiger charge is -2.35. The van der Waals surface area contributed by atoms with E-state index in [4.69, 9.17) is 9.47 Å². The minimum Gasteiger partial charge on any atom is -0.482 e. The summed E-state index contributed by atoms with van der Waals surface area (Å²) in [4.78, 5) is 12.3. The molecular formula is C27H37NO5S. The number of fused-ring (bicyclic) bond motifs is 1. The largest absolute Gasteiger partial charge is 0.482 e. The Hall–Kier alpha value is -2.38. The van der Waals surface area contributed by atoms with E-state index >= 15 is 0 Å². The Labute approximate surface area is 204 Å². The third-order valence-electron chi connectivity index (χ3n) is 6.14. The van der Waals surface area contributed by atoms with Crippen molar-refractivity contribution in [2.45, 2.75) is 82.4 Å². The highest BCUT2D eigenvalue weighted by Gasteiger charge is 2.41. The summed E-state index contributed by atoms with van der Waals surface area (Å²) in [5.41, 5.74) is 0.556. The predicted molar refractivity (Wildman–Crippen MR) is 134 cm³/mol. The van der Waals surface area contributed by atoms with Crippen LogP contribution in [0.15, 0.2) is 53.4 Å². The molecule has 0 amide bonds. The third kappa shape index (κ3) is 6.39. The van der Waals surface area contributed by atoms with Gasteiger partial charge in [0.1, 0.15) is 11.4 Å². The molecule has 6 nitrogen and oxygen atoms in total. The number of rotatable bonds is 8. The second-order valence-electron chi connectivity index (χ2n) is 10.1. The van der Waals surface area contributed by atoms with Crippen molar-refractivity contribution >= 4 is 15.8 Å². The van der Waals surface area contributed by atoms with Crippen molar-refractivity contribution < 1.29 is 22.7 Å². The number of nitrogens with one attached hydrogen (secondary N) is 1. The molecule has 0 fully saturated rings. The van der Waals surface area contributed by atoms with Gasteiger partial charge in [-0.3, -0.25) is 5.32 Å². The van der Waals surface area contributed by atoms with Gasteiger partial charge in [-0.15, -0.1) is 0 Å². The zero-order valence-corrected chi connectivity index (χ0v) is 21.7. The summed E-state index contributed by atoms with van der Waals surface area (Å²) in [6.07, 6.45) is 3.41. The molecule has 0 spiro atoms. The van der Waals surface area contributed by atoms with Crippen molar-refractivity contribution in [3.63, 3.8) is 0 Å². The van der Waals surface area contributed by atoms with Gasteiger partial charge in [0.05, 0.1) is 16.7 Å². The van der Waals surface area contributed by atoms with Crippen LogP contribution >= 0.6 is 0 Å². The molecule has 1 heterocycles. The summed E-state index contributed by atoms with van der Waals surface area (Å²) >= 11 is 0. The van der Waals surface area contributed by atoms with Gasteiger partial charge in [0, 0.05) is 5.54 Å². The van der Waals surface area contributed by atoms with E-state index in [1.54, 1.807) is 39.0 Å². The molecule has 0 radical (unpaired) electrons. The fourth-order valence-corrected chi connectivity index (χ4v) is 6.60. The van der Waals surface area contributed by atoms with E-state index < -0.39 is 26.9 Å². The van der Waals surface area contributed by atoms with Gasteiger partial charge in [-0.1, -0.05) is 63.1 Å². The van der Waals surface area contributed by atoms with Crippen molar-refractivity contribution in [1.82, 2.24) is 5.32 Å². The van der Waals surface area contributed by atoms with Crippen LogP contribution in [0.4, 0.5) is 0 Å². The quantitative estimate of drug-likeness (QED) is 0.515. The van der Waals surface area contributed by atoms with Crippen LogP contribution in [-0.2, 0) is 19.4 Å². The topological polar surface area (TPSA) is 81.7 Å². The molecule has 0 aliphatic carbocycles. The molecular weight excluding hydrogens is 450 g/mol. The lowest BCUT2D eigenvalue weighted by atomic mass is 9.88. The lowest BCUT2D eigenvalue weighted by molar-refractivity contribution is -0.157. The van der Waals surface area contributed by atoms with Gasteiger partial charge >= 0.3 is 5.97 Å². The minimum absolute atomic E-state index is 0.0162. The Bertz CT molecular complexity index is 1090. The fraction of sp³-hybridized carbons (Fsp3) is 0.519. The summed E-state index contributed by atoms with van der Waals surface area (Å²) in [5, 5.41) is 3.74. The van der Waals surface area contributed by atoms with E-state index in [0.29, 0.717) is 17.7 Å². The van der Waals surface area contributed by atoms with Crippen LogP contribution in [0.25, 0.3) is 0 Å². The summed E-state index contributed by atoms with van der Waals surface area (Å²) in [5.74, 6) is -0.154.